The molecule has 1 amide bonds. The van der Waals surface area contributed by atoms with Gasteiger partial charge in [0.15, 0.2) is 5.76 Å². The fraction of sp³-hybridized carbons (Fsp3) is 0.467. The third-order valence-corrected chi connectivity index (χ3v) is 3.92. The number of rotatable bonds is 6. The summed E-state index contributed by atoms with van der Waals surface area (Å²) in [6.45, 7) is 0. The topological polar surface area (TPSA) is 118 Å². The van der Waals surface area contributed by atoms with Crippen LogP contribution in [0.2, 0.25) is 0 Å². The van der Waals surface area contributed by atoms with Crippen molar-refractivity contribution in [2.24, 2.45) is 5.92 Å². The van der Waals surface area contributed by atoms with E-state index in [4.69, 9.17) is 14.0 Å². The largest absolute Gasteiger partial charge is 0.481 e. The van der Waals surface area contributed by atoms with Gasteiger partial charge in [0.2, 0.25) is 17.6 Å². The molecule has 1 aliphatic carbocycles. The number of aryl methyl sites for hydroxylation is 1. The van der Waals surface area contributed by atoms with Crippen molar-refractivity contribution in [2.75, 3.05) is 0 Å². The molecule has 2 aromatic rings. The summed E-state index contributed by atoms with van der Waals surface area (Å²) in [4.78, 5) is 27.0. The average molecular weight is 319 g/mol. The Morgan fingerprint density at radius 2 is 2.26 bits per heavy atom. The number of aromatic nitrogens is 2. The smallest absolute Gasteiger partial charge is 0.306 e. The lowest BCUT2D eigenvalue weighted by Crippen LogP contribution is -2.33. The van der Waals surface area contributed by atoms with Crippen molar-refractivity contribution in [1.82, 2.24) is 15.5 Å². The molecule has 2 atom stereocenters. The Morgan fingerprint density at radius 3 is 2.96 bits per heavy atom. The third-order valence-electron chi connectivity index (χ3n) is 3.92. The first-order valence-electron chi connectivity index (χ1n) is 7.50. The predicted octanol–water partition coefficient (Wildman–Crippen LogP) is 1.63. The van der Waals surface area contributed by atoms with E-state index >= 15 is 0 Å². The van der Waals surface area contributed by atoms with Crippen LogP contribution in [0.15, 0.2) is 27.3 Å². The van der Waals surface area contributed by atoms with Crippen LogP contribution in [0.25, 0.3) is 11.6 Å². The highest BCUT2D eigenvalue weighted by Gasteiger charge is 2.30. The summed E-state index contributed by atoms with van der Waals surface area (Å²) in [5.41, 5.74) is 0. The summed E-state index contributed by atoms with van der Waals surface area (Å²) in [6, 6.07) is 3.38. The predicted molar refractivity (Wildman–Crippen MR) is 77.2 cm³/mol. The first-order valence-corrected chi connectivity index (χ1v) is 7.50. The molecule has 8 heteroatoms. The zero-order valence-corrected chi connectivity index (χ0v) is 12.4. The Kier molecular flexibility index (Phi) is 4.40. The van der Waals surface area contributed by atoms with Gasteiger partial charge in [0.25, 0.3) is 0 Å². The lowest BCUT2D eigenvalue weighted by atomic mass is 10.1. The highest BCUT2D eigenvalue weighted by Crippen LogP contribution is 2.25. The molecule has 0 spiro atoms. The molecule has 122 valence electrons. The van der Waals surface area contributed by atoms with Gasteiger partial charge in [-0.05, 0) is 31.4 Å². The standard InChI is InChI=1S/C15H17N3O5/c19-12(16-10-4-3-9(8-10)15(20)21)5-6-13-17-14(18-23-13)11-2-1-7-22-11/h1-2,7,9-10H,3-6,8H2,(H,16,19)(H,20,21)/t9-,10+/m1/s1. The summed E-state index contributed by atoms with van der Waals surface area (Å²) in [6.07, 6.45) is 3.86. The summed E-state index contributed by atoms with van der Waals surface area (Å²) in [5.74, 6) is -0.0639. The minimum absolute atomic E-state index is 0.0648. The number of carboxylic acids is 1. The average Bonchev–Trinajstić information content (AvgIpc) is 3.25. The monoisotopic (exact) mass is 319 g/mol. The number of nitrogens with one attached hydrogen (secondary N) is 1. The van der Waals surface area contributed by atoms with E-state index in [1.165, 1.54) is 6.26 Å². The minimum atomic E-state index is -0.793. The second-order valence-electron chi connectivity index (χ2n) is 5.60. The maximum atomic E-state index is 11.9. The molecule has 0 saturated heterocycles. The van der Waals surface area contributed by atoms with Gasteiger partial charge in [0, 0.05) is 18.9 Å². The Balaban J connectivity index is 1.45. The molecule has 2 N–H and O–H groups in total. The van der Waals surface area contributed by atoms with Gasteiger partial charge >= 0.3 is 5.97 Å². The molecule has 2 aromatic heterocycles. The van der Waals surface area contributed by atoms with Crippen LogP contribution in [-0.4, -0.2) is 33.2 Å². The normalized spacial score (nSPS) is 20.5. The molecule has 1 saturated carbocycles. The Morgan fingerprint density at radius 1 is 1.39 bits per heavy atom. The second kappa shape index (κ2) is 6.64. The molecule has 1 aliphatic rings. The number of aliphatic carboxylic acids is 1. The van der Waals surface area contributed by atoms with E-state index in [0.29, 0.717) is 43.2 Å². The van der Waals surface area contributed by atoms with Gasteiger partial charge in [-0.25, -0.2) is 0 Å². The van der Waals surface area contributed by atoms with Crippen LogP contribution in [0.4, 0.5) is 0 Å². The van der Waals surface area contributed by atoms with E-state index in [1.807, 2.05) is 0 Å². The zero-order valence-electron chi connectivity index (χ0n) is 12.4. The number of furan rings is 1. The number of carbonyl (C=O) groups is 2. The van der Waals surface area contributed by atoms with Gasteiger partial charge in [-0.2, -0.15) is 4.98 Å². The van der Waals surface area contributed by atoms with Gasteiger partial charge in [-0.1, -0.05) is 5.16 Å². The molecule has 2 heterocycles. The van der Waals surface area contributed by atoms with E-state index in [9.17, 15) is 9.59 Å². The van der Waals surface area contributed by atoms with Gasteiger partial charge in [-0.15, -0.1) is 0 Å². The summed E-state index contributed by atoms with van der Waals surface area (Å²) in [7, 11) is 0. The molecular formula is C15H17N3O5. The number of hydrogen-bond acceptors (Lipinski definition) is 6. The van der Waals surface area contributed by atoms with Crippen LogP contribution < -0.4 is 5.32 Å². The lowest BCUT2D eigenvalue weighted by Gasteiger charge is -2.11. The van der Waals surface area contributed by atoms with Crippen molar-refractivity contribution in [3.8, 4) is 11.6 Å². The molecule has 0 unspecified atom stereocenters. The highest BCUT2D eigenvalue weighted by atomic mass is 16.5. The van der Waals surface area contributed by atoms with E-state index < -0.39 is 5.97 Å². The Labute approximate surface area is 131 Å². The molecule has 8 nitrogen and oxygen atoms in total. The quantitative estimate of drug-likeness (QED) is 0.830. The molecule has 0 radical (unpaired) electrons. The van der Waals surface area contributed by atoms with Crippen molar-refractivity contribution in [3.05, 3.63) is 24.3 Å². The van der Waals surface area contributed by atoms with Crippen molar-refractivity contribution >= 4 is 11.9 Å². The maximum Gasteiger partial charge on any atom is 0.306 e. The first-order chi connectivity index (χ1) is 11.1. The van der Waals surface area contributed by atoms with Crippen LogP contribution in [0.1, 0.15) is 31.6 Å². The molecular weight excluding hydrogens is 302 g/mol. The molecule has 0 aliphatic heterocycles. The zero-order chi connectivity index (χ0) is 16.2. The first kappa shape index (κ1) is 15.3. The summed E-state index contributed by atoms with van der Waals surface area (Å²) < 4.78 is 10.2. The van der Waals surface area contributed by atoms with Crippen molar-refractivity contribution in [3.63, 3.8) is 0 Å². The second-order valence-corrected chi connectivity index (χ2v) is 5.60. The number of carbonyl (C=O) groups excluding carboxylic acids is 1. The van der Waals surface area contributed by atoms with Crippen molar-refractivity contribution < 1.29 is 23.6 Å². The third kappa shape index (κ3) is 3.77. The maximum absolute atomic E-state index is 11.9. The molecule has 23 heavy (non-hydrogen) atoms. The van der Waals surface area contributed by atoms with Crippen LogP contribution in [0, 0.1) is 5.92 Å². The fourth-order valence-electron chi connectivity index (χ4n) is 2.72. The number of amides is 1. The van der Waals surface area contributed by atoms with Gasteiger partial charge in [0.05, 0.1) is 12.2 Å². The Hall–Kier alpha value is -2.64. The summed E-state index contributed by atoms with van der Waals surface area (Å²) >= 11 is 0. The molecule has 0 aromatic carbocycles. The number of carboxylic acid groups (broad SMARTS) is 1. The highest BCUT2D eigenvalue weighted by molar-refractivity contribution is 5.77. The van der Waals surface area contributed by atoms with Crippen LogP contribution >= 0.6 is 0 Å². The van der Waals surface area contributed by atoms with Crippen LogP contribution in [0.3, 0.4) is 0 Å². The van der Waals surface area contributed by atoms with Gasteiger partial charge in [-0.3, -0.25) is 9.59 Å². The van der Waals surface area contributed by atoms with Crippen molar-refractivity contribution in [1.29, 1.82) is 0 Å². The van der Waals surface area contributed by atoms with Gasteiger partial charge < -0.3 is 19.4 Å². The van der Waals surface area contributed by atoms with Crippen LogP contribution in [-0.2, 0) is 16.0 Å². The van der Waals surface area contributed by atoms with E-state index in [1.54, 1.807) is 12.1 Å². The number of hydrogen-bond donors (Lipinski definition) is 2. The Bertz CT molecular complexity index is 679. The fourth-order valence-corrected chi connectivity index (χ4v) is 2.72. The van der Waals surface area contributed by atoms with E-state index in [2.05, 4.69) is 15.5 Å². The molecule has 3 rings (SSSR count). The van der Waals surface area contributed by atoms with Crippen molar-refractivity contribution in [2.45, 2.75) is 38.1 Å². The SMILES string of the molecule is O=C(CCc1nc(-c2ccco2)no1)N[C@H]1CC[C@@H](C(=O)O)C1. The number of nitrogens with zero attached hydrogens (tertiary/aromatic N) is 2. The molecule has 0 bridgehead atoms. The summed E-state index contributed by atoms with van der Waals surface area (Å²) in [5, 5.41) is 15.6. The lowest BCUT2D eigenvalue weighted by molar-refractivity contribution is -0.141. The van der Waals surface area contributed by atoms with E-state index in [0.717, 1.165) is 0 Å². The molecule has 1 fully saturated rings. The van der Waals surface area contributed by atoms with Gasteiger partial charge in [0.1, 0.15) is 0 Å². The van der Waals surface area contributed by atoms with E-state index in [-0.39, 0.29) is 24.3 Å². The minimum Gasteiger partial charge on any atom is -0.481 e. The van der Waals surface area contributed by atoms with Crippen LogP contribution in [0.5, 0.6) is 0 Å².